The first-order valence-electron chi connectivity index (χ1n) is 9.46. The number of rotatable bonds is 6. The van der Waals surface area contributed by atoms with Gasteiger partial charge in [-0.25, -0.2) is 0 Å². The van der Waals surface area contributed by atoms with Crippen LogP contribution in [0, 0.1) is 0 Å². The normalized spacial score (nSPS) is 21.9. The van der Waals surface area contributed by atoms with Gasteiger partial charge in [-0.1, -0.05) is 25.3 Å². The lowest BCUT2D eigenvalue weighted by molar-refractivity contribution is -0.123. The molecule has 1 aromatic rings. The van der Waals surface area contributed by atoms with Gasteiger partial charge in [-0.3, -0.25) is 9.69 Å². The van der Waals surface area contributed by atoms with Gasteiger partial charge in [0.1, 0.15) is 11.5 Å². The molecule has 3 rings (SSSR count). The van der Waals surface area contributed by atoms with Crippen molar-refractivity contribution in [1.29, 1.82) is 0 Å². The molecule has 2 fully saturated rings. The van der Waals surface area contributed by atoms with Gasteiger partial charge in [0.15, 0.2) is 0 Å². The second kappa shape index (κ2) is 8.56. The Hall–Kier alpha value is -1.75. The molecule has 5 nitrogen and oxygen atoms in total. The quantitative estimate of drug-likeness (QED) is 0.859. The van der Waals surface area contributed by atoms with E-state index in [4.69, 9.17) is 9.47 Å². The van der Waals surface area contributed by atoms with Crippen molar-refractivity contribution in [2.45, 2.75) is 57.0 Å². The van der Waals surface area contributed by atoms with E-state index in [-0.39, 0.29) is 11.9 Å². The number of nitrogens with one attached hydrogen (secondary N) is 1. The molecule has 138 valence electrons. The topological polar surface area (TPSA) is 50.8 Å². The van der Waals surface area contributed by atoms with E-state index >= 15 is 0 Å². The molecule has 1 saturated carbocycles. The van der Waals surface area contributed by atoms with Crippen LogP contribution in [0.25, 0.3) is 0 Å². The minimum absolute atomic E-state index is 0.159. The van der Waals surface area contributed by atoms with Gasteiger partial charge in [0.25, 0.3) is 0 Å². The Morgan fingerprint density at radius 3 is 2.64 bits per heavy atom. The Kier molecular flexibility index (Phi) is 6.19. The molecule has 1 aliphatic heterocycles. The SMILES string of the molecule is COc1ccc([C@@H]2CCCN2CC(=O)NC2CCCCC2)c(OC)c1. The summed E-state index contributed by atoms with van der Waals surface area (Å²) in [7, 11) is 3.35. The predicted octanol–water partition coefficient (Wildman–Crippen LogP) is 3.29. The van der Waals surface area contributed by atoms with Crippen LogP contribution in [0.1, 0.15) is 56.6 Å². The van der Waals surface area contributed by atoms with Gasteiger partial charge in [0.2, 0.25) is 5.91 Å². The van der Waals surface area contributed by atoms with Crippen molar-refractivity contribution in [1.82, 2.24) is 10.2 Å². The average molecular weight is 346 g/mol. The van der Waals surface area contributed by atoms with Crippen LogP contribution in [0.5, 0.6) is 11.5 Å². The van der Waals surface area contributed by atoms with Crippen molar-refractivity contribution >= 4 is 5.91 Å². The smallest absolute Gasteiger partial charge is 0.234 e. The summed E-state index contributed by atoms with van der Waals surface area (Å²) in [5.41, 5.74) is 1.14. The first-order valence-corrected chi connectivity index (χ1v) is 9.46. The van der Waals surface area contributed by atoms with Crippen LogP contribution in [0.15, 0.2) is 18.2 Å². The van der Waals surface area contributed by atoms with Gasteiger partial charge in [0, 0.05) is 23.7 Å². The maximum Gasteiger partial charge on any atom is 0.234 e. The highest BCUT2D eigenvalue weighted by molar-refractivity contribution is 5.78. The summed E-state index contributed by atoms with van der Waals surface area (Å²) in [5, 5.41) is 3.23. The van der Waals surface area contributed by atoms with Crippen molar-refractivity contribution in [2.24, 2.45) is 0 Å². The second-order valence-corrected chi connectivity index (χ2v) is 7.14. The molecule has 1 aliphatic carbocycles. The zero-order valence-electron chi connectivity index (χ0n) is 15.4. The van der Waals surface area contributed by atoms with Crippen molar-refractivity contribution in [3.05, 3.63) is 23.8 Å². The summed E-state index contributed by atoms with van der Waals surface area (Å²) >= 11 is 0. The van der Waals surface area contributed by atoms with Gasteiger partial charge >= 0.3 is 0 Å². The molecular weight excluding hydrogens is 316 g/mol. The molecule has 0 spiro atoms. The van der Waals surface area contributed by atoms with E-state index in [9.17, 15) is 4.79 Å². The van der Waals surface area contributed by atoms with E-state index in [1.54, 1.807) is 14.2 Å². The van der Waals surface area contributed by atoms with E-state index in [0.717, 1.165) is 49.3 Å². The fourth-order valence-corrected chi connectivity index (χ4v) is 4.17. The summed E-state index contributed by atoms with van der Waals surface area (Å²) in [6.07, 6.45) is 8.19. The lowest BCUT2D eigenvalue weighted by Crippen LogP contribution is -2.42. The van der Waals surface area contributed by atoms with Crippen molar-refractivity contribution < 1.29 is 14.3 Å². The van der Waals surface area contributed by atoms with Crippen molar-refractivity contribution in [3.8, 4) is 11.5 Å². The summed E-state index contributed by atoms with van der Waals surface area (Å²) < 4.78 is 10.9. The number of benzene rings is 1. The Morgan fingerprint density at radius 1 is 1.12 bits per heavy atom. The van der Waals surface area contributed by atoms with Gasteiger partial charge in [-0.15, -0.1) is 0 Å². The Morgan fingerprint density at radius 2 is 1.92 bits per heavy atom. The molecule has 1 atom stereocenters. The van der Waals surface area contributed by atoms with Crippen LogP contribution >= 0.6 is 0 Å². The summed E-state index contributed by atoms with van der Waals surface area (Å²) in [6, 6.07) is 6.57. The molecule has 0 radical (unpaired) electrons. The minimum atomic E-state index is 0.159. The molecular formula is C20H30N2O3. The molecule has 1 aromatic carbocycles. The van der Waals surface area contributed by atoms with Crippen LogP contribution < -0.4 is 14.8 Å². The number of nitrogens with zero attached hydrogens (tertiary/aromatic N) is 1. The molecule has 0 aromatic heterocycles. The van der Waals surface area contributed by atoms with Crippen molar-refractivity contribution in [2.75, 3.05) is 27.3 Å². The highest BCUT2D eigenvalue weighted by Crippen LogP contribution is 2.38. The Labute approximate surface area is 150 Å². The summed E-state index contributed by atoms with van der Waals surface area (Å²) in [5.74, 6) is 1.79. The van der Waals surface area contributed by atoms with Gasteiger partial charge in [0.05, 0.1) is 20.8 Å². The largest absolute Gasteiger partial charge is 0.497 e. The third-order valence-electron chi connectivity index (χ3n) is 5.48. The minimum Gasteiger partial charge on any atom is -0.497 e. The number of likely N-dealkylation sites (tertiary alicyclic amines) is 1. The molecule has 25 heavy (non-hydrogen) atoms. The highest BCUT2D eigenvalue weighted by Gasteiger charge is 2.30. The van der Waals surface area contributed by atoms with Gasteiger partial charge < -0.3 is 14.8 Å². The maximum absolute atomic E-state index is 12.5. The molecule has 2 aliphatic rings. The molecule has 1 heterocycles. The molecule has 5 heteroatoms. The first kappa shape index (κ1) is 18.1. The standard InChI is InChI=1S/C20H30N2O3/c1-24-16-10-11-17(19(13-16)25-2)18-9-6-12-22(18)14-20(23)21-15-7-4-3-5-8-15/h10-11,13,15,18H,3-9,12,14H2,1-2H3,(H,21,23)/t18-/m0/s1. The summed E-state index contributed by atoms with van der Waals surface area (Å²) in [4.78, 5) is 14.8. The highest BCUT2D eigenvalue weighted by atomic mass is 16.5. The first-order chi connectivity index (χ1) is 12.2. The van der Waals surface area contributed by atoms with E-state index in [0.29, 0.717) is 12.6 Å². The lowest BCUT2D eigenvalue weighted by atomic mass is 9.95. The number of carbonyl (C=O) groups is 1. The maximum atomic E-state index is 12.5. The van der Waals surface area contributed by atoms with E-state index in [1.807, 2.05) is 12.1 Å². The number of hydrogen-bond acceptors (Lipinski definition) is 4. The van der Waals surface area contributed by atoms with Crippen LogP contribution in [0.2, 0.25) is 0 Å². The van der Waals surface area contributed by atoms with Crippen molar-refractivity contribution in [3.63, 3.8) is 0 Å². The molecule has 1 amide bonds. The zero-order valence-corrected chi connectivity index (χ0v) is 15.4. The number of amides is 1. The number of methoxy groups -OCH3 is 2. The Balaban J connectivity index is 1.65. The van der Waals surface area contributed by atoms with E-state index in [1.165, 1.54) is 19.3 Å². The van der Waals surface area contributed by atoms with E-state index < -0.39 is 0 Å². The monoisotopic (exact) mass is 346 g/mol. The fraction of sp³-hybridized carbons (Fsp3) is 0.650. The predicted molar refractivity (Wildman–Crippen MR) is 98.1 cm³/mol. The van der Waals surface area contributed by atoms with E-state index in [2.05, 4.69) is 16.3 Å². The third kappa shape index (κ3) is 4.46. The molecule has 1 N–H and O–H groups in total. The van der Waals surface area contributed by atoms with Crippen LogP contribution in [0.3, 0.4) is 0 Å². The van der Waals surface area contributed by atoms with Gasteiger partial charge in [-0.05, 0) is 38.3 Å². The van der Waals surface area contributed by atoms with Crippen LogP contribution in [-0.4, -0.2) is 44.2 Å². The zero-order chi connectivity index (χ0) is 17.6. The fourth-order valence-electron chi connectivity index (χ4n) is 4.17. The Bertz CT molecular complexity index is 584. The number of ether oxygens (including phenoxy) is 2. The second-order valence-electron chi connectivity index (χ2n) is 7.14. The number of hydrogen-bond donors (Lipinski definition) is 1. The molecule has 1 saturated heterocycles. The lowest BCUT2D eigenvalue weighted by Gasteiger charge is -2.28. The molecule has 0 bridgehead atoms. The number of carbonyl (C=O) groups excluding carboxylic acids is 1. The van der Waals surface area contributed by atoms with Crippen LogP contribution in [0.4, 0.5) is 0 Å². The third-order valence-corrected chi connectivity index (χ3v) is 5.48. The average Bonchev–Trinajstić information content (AvgIpc) is 3.09. The van der Waals surface area contributed by atoms with Gasteiger partial charge in [-0.2, -0.15) is 0 Å². The summed E-state index contributed by atoms with van der Waals surface area (Å²) in [6.45, 7) is 1.42. The molecule has 0 unspecified atom stereocenters. The van der Waals surface area contributed by atoms with Crippen LogP contribution in [-0.2, 0) is 4.79 Å².